The quantitative estimate of drug-likeness (QED) is 0.753. The van der Waals surface area contributed by atoms with Gasteiger partial charge in [-0.2, -0.15) is 0 Å². The third-order valence-corrected chi connectivity index (χ3v) is 3.58. The maximum atomic E-state index is 11.7. The van der Waals surface area contributed by atoms with Crippen molar-refractivity contribution in [1.82, 2.24) is 0 Å². The monoisotopic (exact) mass is 241 g/mol. The molecule has 0 heterocycles. The van der Waals surface area contributed by atoms with E-state index in [4.69, 9.17) is 10.5 Å². The second kappa shape index (κ2) is 6.39. The molecule has 0 saturated heterocycles. The summed E-state index contributed by atoms with van der Waals surface area (Å²) in [4.78, 5) is 11.7. The minimum absolute atomic E-state index is 0.0784. The van der Waals surface area contributed by atoms with Crippen molar-refractivity contribution in [1.29, 1.82) is 0 Å². The van der Waals surface area contributed by atoms with Gasteiger partial charge in [0.15, 0.2) is 0 Å². The summed E-state index contributed by atoms with van der Waals surface area (Å²) in [6, 6.07) is 0. The molecule has 1 aliphatic rings. The van der Waals surface area contributed by atoms with Gasteiger partial charge in [0.2, 0.25) is 0 Å². The maximum Gasteiger partial charge on any atom is 0.306 e. The first-order chi connectivity index (χ1) is 7.90. The van der Waals surface area contributed by atoms with Crippen LogP contribution in [0.5, 0.6) is 0 Å². The Kier molecular flexibility index (Phi) is 5.44. The lowest BCUT2D eigenvalue weighted by atomic mass is 9.85. The van der Waals surface area contributed by atoms with Gasteiger partial charge >= 0.3 is 5.97 Å². The van der Waals surface area contributed by atoms with Crippen LogP contribution >= 0.6 is 0 Å². The highest BCUT2D eigenvalue weighted by Gasteiger charge is 2.24. The predicted molar refractivity (Wildman–Crippen MR) is 69.6 cm³/mol. The average Bonchev–Trinajstić information content (AvgIpc) is 2.26. The lowest BCUT2D eigenvalue weighted by Gasteiger charge is -2.28. The van der Waals surface area contributed by atoms with Gasteiger partial charge in [0.05, 0.1) is 0 Å². The van der Waals surface area contributed by atoms with Crippen LogP contribution in [0.4, 0.5) is 0 Å². The summed E-state index contributed by atoms with van der Waals surface area (Å²) in [5, 5.41) is 0. The van der Waals surface area contributed by atoms with E-state index < -0.39 is 0 Å². The van der Waals surface area contributed by atoms with E-state index in [0.717, 1.165) is 18.8 Å². The maximum absolute atomic E-state index is 11.7. The van der Waals surface area contributed by atoms with Crippen molar-refractivity contribution in [2.75, 3.05) is 0 Å². The van der Waals surface area contributed by atoms with Crippen LogP contribution in [-0.4, -0.2) is 17.6 Å². The summed E-state index contributed by atoms with van der Waals surface area (Å²) in [5.74, 6) is 0.665. The first-order valence-electron chi connectivity index (χ1n) is 6.89. The Morgan fingerprint density at radius 1 is 1.41 bits per heavy atom. The van der Waals surface area contributed by atoms with E-state index in [2.05, 4.69) is 6.92 Å². The van der Waals surface area contributed by atoms with Gasteiger partial charge in [0.1, 0.15) is 6.10 Å². The average molecular weight is 241 g/mol. The molecule has 0 aromatic carbocycles. The second-order valence-electron chi connectivity index (χ2n) is 6.04. The van der Waals surface area contributed by atoms with Gasteiger partial charge in [-0.05, 0) is 45.4 Å². The fraction of sp³-hybridized carbons (Fsp3) is 0.929. The fourth-order valence-corrected chi connectivity index (χ4v) is 2.39. The minimum atomic E-state index is -0.280. The van der Waals surface area contributed by atoms with Crippen LogP contribution in [-0.2, 0) is 9.53 Å². The molecular formula is C14H27NO2. The lowest BCUT2D eigenvalue weighted by molar-refractivity contribution is -0.151. The molecule has 0 amide bonds. The van der Waals surface area contributed by atoms with E-state index in [1.54, 1.807) is 0 Å². The van der Waals surface area contributed by atoms with Gasteiger partial charge in [0, 0.05) is 12.0 Å². The Balaban J connectivity index is 2.26. The van der Waals surface area contributed by atoms with Gasteiger partial charge < -0.3 is 10.5 Å². The van der Waals surface area contributed by atoms with Crippen molar-refractivity contribution in [2.45, 2.75) is 77.4 Å². The van der Waals surface area contributed by atoms with Crippen molar-refractivity contribution in [3.8, 4) is 0 Å². The zero-order chi connectivity index (χ0) is 12.9. The van der Waals surface area contributed by atoms with Crippen LogP contribution in [0.25, 0.3) is 0 Å². The standard InChI is InChI=1S/C14H27NO2/c1-4-11-6-5-7-12(10-11)17-13(16)8-9-14(2,3)15/h11-12H,4-10,15H2,1-3H3. The van der Waals surface area contributed by atoms with E-state index in [-0.39, 0.29) is 17.6 Å². The first-order valence-corrected chi connectivity index (χ1v) is 6.89. The molecule has 2 unspecified atom stereocenters. The molecule has 0 aromatic heterocycles. The lowest BCUT2D eigenvalue weighted by Crippen LogP contribution is -2.33. The molecule has 1 rings (SSSR count). The number of rotatable bonds is 5. The summed E-state index contributed by atoms with van der Waals surface area (Å²) in [6.07, 6.45) is 7.06. The van der Waals surface area contributed by atoms with Crippen LogP contribution in [0.2, 0.25) is 0 Å². The number of carbonyl (C=O) groups excluding carboxylic acids is 1. The van der Waals surface area contributed by atoms with Crippen LogP contribution in [0.15, 0.2) is 0 Å². The summed E-state index contributed by atoms with van der Waals surface area (Å²) in [5.41, 5.74) is 5.57. The Labute approximate surface area is 105 Å². The number of nitrogens with two attached hydrogens (primary N) is 1. The highest BCUT2D eigenvalue weighted by atomic mass is 16.5. The second-order valence-corrected chi connectivity index (χ2v) is 6.04. The highest BCUT2D eigenvalue weighted by molar-refractivity contribution is 5.69. The normalized spacial score (nSPS) is 25.6. The smallest absolute Gasteiger partial charge is 0.306 e. The van der Waals surface area contributed by atoms with Gasteiger partial charge in [-0.3, -0.25) is 4.79 Å². The zero-order valence-corrected chi connectivity index (χ0v) is 11.5. The Hall–Kier alpha value is -0.570. The minimum Gasteiger partial charge on any atom is -0.462 e. The number of carbonyl (C=O) groups is 1. The van der Waals surface area contributed by atoms with E-state index in [1.807, 2.05) is 13.8 Å². The molecule has 3 heteroatoms. The fourth-order valence-electron chi connectivity index (χ4n) is 2.39. The third kappa shape index (κ3) is 6.06. The number of hydrogen-bond donors (Lipinski definition) is 1. The molecule has 0 radical (unpaired) electrons. The Bertz CT molecular complexity index is 245. The molecule has 0 spiro atoms. The van der Waals surface area contributed by atoms with E-state index >= 15 is 0 Å². The van der Waals surface area contributed by atoms with Crippen molar-refractivity contribution < 1.29 is 9.53 Å². The van der Waals surface area contributed by atoms with Crippen molar-refractivity contribution in [3.63, 3.8) is 0 Å². The molecule has 17 heavy (non-hydrogen) atoms. The van der Waals surface area contributed by atoms with E-state index in [0.29, 0.717) is 12.8 Å². The van der Waals surface area contributed by atoms with Crippen LogP contribution in [0.3, 0.4) is 0 Å². The summed E-state index contributed by atoms with van der Waals surface area (Å²) >= 11 is 0. The Morgan fingerprint density at radius 2 is 2.12 bits per heavy atom. The molecular weight excluding hydrogens is 214 g/mol. The number of ether oxygens (including phenoxy) is 1. The first kappa shape index (κ1) is 14.5. The molecule has 2 atom stereocenters. The number of hydrogen-bond acceptors (Lipinski definition) is 3. The van der Waals surface area contributed by atoms with E-state index in [1.165, 1.54) is 19.3 Å². The molecule has 2 N–H and O–H groups in total. The molecule has 1 saturated carbocycles. The van der Waals surface area contributed by atoms with Crippen LogP contribution in [0.1, 0.15) is 65.7 Å². The van der Waals surface area contributed by atoms with Crippen LogP contribution < -0.4 is 5.73 Å². The predicted octanol–water partition coefficient (Wildman–Crippen LogP) is 3.02. The molecule has 3 nitrogen and oxygen atoms in total. The summed E-state index contributed by atoms with van der Waals surface area (Å²) < 4.78 is 5.52. The third-order valence-electron chi connectivity index (χ3n) is 3.58. The molecule has 0 bridgehead atoms. The van der Waals surface area contributed by atoms with Crippen molar-refractivity contribution >= 4 is 5.97 Å². The Morgan fingerprint density at radius 3 is 2.71 bits per heavy atom. The van der Waals surface area contributed by atoms with Gasteiger partial charge in [0.25, 0.3) is 0 Å². The topological polar surface area (TPSA) is 52.3 Å². The molecule has 1 aliphatic carbocycles. The molecule has 1 fully saturated rings. The van der Waals surface area contributed by atoms with Gasteiger partial charge in [-0.25, -0.2) is 0 Å². The SMILES string of the molecule is CCC1CCCC(OC(=O)CCC(C)(C)N)C1. The van der Waals surface area contributed by atoms with E-state index in [9.17, 15) is 4.79 Å². The molecule has 100 valence electrons. The zero-order valence-electron chi connectivity index (χ0n) is 11.5. The van der Waals surface area contributed by atoms with Gasteiger partial charge in [-0.1, -0.05) is 19.8 Å². The largest absolute Gasteiger partial charge is 0.462 e. The van der Waals surface area contributed by atoms with Gasteiger partial charge in [-0.15, -0.1) is 0 Å². The number of esters is 1. The highest BCUT2D eigenvalue weighted by Crippen LogP contribution is 2.28. The molecule has 0 aromatic rings. The summed E-state index contributed by atoms with van der Waals surface area (Å²) in [6.45, 7) is 6.09. The van der Waals surface area contributed by atoms with Crippen molar-refractivity contribution in [3.05, 3.63) is 0 Å². The van der Waals surface area contributed by atoms with Crippen molar-refractivity contribution in [2.24, 2.45) is 11.7 Å². The summed E-state index contributed by atoms with van der Waals surface area (Å²) in [7, 11) is 0. The van der Waals surface area contributed by atoms with Crippen LogP contribution in [0, 0.1) is 5.92 Å². The molecule has 0 aliphatic heterocycles.